The van der Waals surface area contributed by atoms with Crippen LogP contribution in [-0.2, 0) is 11.1 Å². The van der Waals surface area contributed by atoms with Crippen molar-refractivity contribution in [3.8, 4) is 0 Å². The third-order valence-electron chi connectivity index (χ3n) is 10.2. The molecule has 8 aliphatic carbocycles. The van der Waals surface area contributed by atoms with Crippen molar-refractivity contribution in [1.29, 1.82) is 0 Å². The monoisotopic (exact) mass is 432 g/mol. The number of nitrogens with zero attached hydrogens (tertiary/aromatic N) is 8. The highest BCUT2D eigenvalue weighted by Crippen LogP contribution is 2.59. The summed E-state index contributed by atoms with van der Waals surface area (Å²) in [6.07, 6.45) is 19.9. The SMILES string of the molecule is c1nc(/N=N\c2ncn(C34CC5CC(CC(C5)C3)C4)n2)nn1C12CC3CC(CC(C3)C1)C2. The number of hydrogen-bond donors (Lipinski definition) is 0. The molecule has 2 aromatic heterocycles. The molecular formula is C24H32N8. The maximum atomic E-state index is 4.76. The first-order valence-corrected chi connectivity index (χ1v) is 12.9. The minimum atomic E-state index is 0.174. The zero-order valence-electron chi connectivity index (χ0n) is 18.7. The molecule has 8 fully saturated rings. The quantitative estimate of drug-likeness (QED) is 0.626. The van der Waals surface area contributed by atoms with E-state index in [1.807, 2.05) is 12.7 Å². The molecule has 0 spiro atoms. The Morgan fingerprint density at radius 2 is 0.875 bits per heavy atom. The lowest BCUT2D eigenvalue weighted by Crippen LogP contribution is -2.52. The Morgan fingerprint density at radius 1 is 0.562 bits per heavy atom. The number of azo groups is 1. The zero-order chi connectivity index (χ0) is 20.9. The molecule has 32 heavy (non-hydrogen) atoms. The smallest absolute Gasteiger partial charge is 0.245 e. The van der Waals surface area contributed by atoms with Gasteiger partial charge >= 0.3 is 0 Å². The normalized spacial score (nSPS) is 46.0. The molecule has 8 saturated carbocycles. The molecule has 0 radical (unpaired) electrons. The Hall–Kier alpha value is -2.12. The number of hydrogen-bond acceptors (Lipinski definition) is 6. The molecule has 0 amide bonds. The Morgan fingerprint density at radius 3 is 1.19 bits per heavy atom. The summed E-state index contributed by atoms with van der Waals surface area (Å²) >= 11 is 0. The average Bonchev–Trinajstić information content (AvgIpc) is 3.41. The molecule has 0 N–H and O–H groups in total. The zero-order valence-corrected chi connectivity index (χ0v) is 18.7. The second-order valence-corrected chi connectivity index (χ2v) is 12.5. The summed E-state index contributed by atoms with van der Waals surface area (Å²) < 4.78 is 4.26. The van der Waals surface area contributed by atoms with Crippen molar-refractivity contribution in [2.45, 2.75) is 88.1 Å². The predicted octanol–water partition coefficient (Wildman–Crippen LogP) is 5.14. The Bertz CT molecular complexity index is 925. The van der Waals surface area contributed by atoms with E-state index in [1.54, 1.807) is 0 Å². The van der Waals surface area contributed by atoms with Crippen LogP contribution in [0.15, 0.2) is 22.9 Å². The van der Waals surface area contributed by atoms with Crippen LogP contribution in [0.4, 0.5) is 11.9 Å². The van der Waals surface area contributed by atoms with Crippen LogP contribution in [0.3, 0.4) is 0 Å². The lowest BCUT2D eigenvalue weighted by atomic mass is 9.53. The van der Waals surface area contributed by atoms with Gasteiger partial charge in [-0.2, -0.15) is 9.97 Å². The minimum absolute atomic E-state index is 0.174. The van der Waals surface area contributed by atoms with Crippen LogP contribution in [0.5, 0.6) is 0 Å². The molecule has 10 rings (SSSR count). The molecule has 0 unspecified atom stereocenters. The molecule has 0 aliphatic heterocycles. The molecule has 2 heterocycles. The van der Waals surface area contributed by atoms with E-state index in [9.17, 15) is 0 Å². The average molecular weight is 433 g/mol. The van der Waals surface area contributed by atoms with Crippen LogP contribution in [0.1, 0.15) is 77.0 Å². The van der Waals surface area contributed by atoms with E-state index in [0.29, 0.717) is 11.9 Å². The molecule has 8 aliphatic rings. The van der Waals surface area contributed by atoms with Crippen LogP contribution in [0.2, 0.25) is 0 Å². The Balaban J connectivity index is 1.02. The predicted molar refractivity (Wildman–Crippen MR) is 117 cm³/mol. The molecule has 2 aromatic rings. The number of aromatic nitrogens is 6. The van der Waals surface area contributed by atoms with Crippen molar-refractivity contribution < 1.29 is 0 Å². The largest absolute Gasteiger partial charge is 0.287 e. The first-order chi connectivity index (χ1) is 15.6. The third kappa shape index (κ3) is 2.67. The second-order valence-electron chi connectivity index (χ2n) is 12.5. The fourth-order valence-electron chi connectivity index (χ4n) is 9.84. The minimum Gasteiger partial charge on any atom is -0.245 e. The lowest BCUT2D eigenvalue weighted by molar-refractivity contribution is -0.0496. The van der Waals surface area contributed by atoms with E-state index in [-0.39, 0.29) is 11.1 Å². The fraction of sp³-hybridized carbons (Fsp3) is 0.833. The second kappa shape index (κ2) is 6.26. The fourth-order valence-corrected chi connectivity index (χ4v) is 9.84. The van der Waals surface area contributed by atoms with Crippen LogP contribution >= 0.6 is 0 Å². The maximum Gasteiger partial charge on any atom is 0.287 e. The number of rotatable bonds is 4. The Labute approximate surface area is 188 Å². The van der Waals surface area contributed by atoms with E-state index in [1.165, 1.54) is 77.0 Å². The van der Waals surface area contributed by atoms with E-state index < -0.39 is 0 Å². The van der Waals surface area contributed by atoms with Gasteiger partial charge in [0.25, 0.3) is 11.9 Å². The molecule has 0 atom stereocenters. The van der Waals surface area contributed by atoms with Gasteiger partial charge in [0.2, 0.25) is 0 Å². The van der Waals surface area contributed by atoms with E-state index >= 15 is 0 Å². The lowest BCUT2D eigenvalue weighted by Gasteiger charge is -2.56. The van der Waals surface area contributed by atoms with Crippen LogP contribution in [-0.4, -0.2) is 29.5 Å². The highest BCUT2D eigenvalue weighted by molar-refractivity contribution is 5.17. The summed E-state index contributed by atoms with van der Waals surface area (Å²) in [4.78, 5) is 8.96. The topological polar surface area (TPSA) is 86.1 Å². The molecule has 168 valence electrons. The van der Waals surface area contributed by atoms with Crippen molar-refractivity contribution in [3.63, 3.8) is 0 Å². The van der Waals surface area contributed by atoms with Crippen molar-refractivity contribution in [1.82, 2.24) is 29.5 Å². The van der Waals surface area contributed by atoms with Gasteiger partial charge in [0.05, 0.1) is 11.1 Å². The van der Waals surface area contributed by atoms with Gasteiger partial charge in [-0.25, -0.2) is 9.36 Å². The van der Waals surface area contributed by atoms with Crippen LogP contribution < -0.4 is 0 Å². The van der Waals surface area contributed by atoms with Gasteiger partial charge in [0.15, 0.2) is 0 Å². The van der Waals surface area contributed by atoms with Gasteiger partial charge in [-0.05, 0) is 113 Å². The molecule has 0 aromatic carbocycles. The summed E-state index contributed by atoms with van der Waals surface area (Å²) in [6, 6.07) is 0. The van der Waals surface area contributed by atoms with E-state index in [4.69, 9.17) is 10.2 Å². The van der Waals surface area contributed by atoms with Gasteiger partial charge in [-0.1, -0.05) is 0 Å². The summed E-state index contributed by atoms with van der Waals surface area (Å²) in [5, 5.41) is 18.2. The van der Waals surface area contributed by atoms with Gasteiger partial charge in [0.1, 0.15) is 12.7 Å². The van der Waals surface area contributed by atoms with Crippen LogP contribution in [0.25, 0.3) is 0 Å². The van der Waals surface area contributed by atoms with Gasteiger partial charge < -0.3 is 0 Å². The summed E-state index contributed by atoms with van der Waals surface area (Å²) in [7, 11) is 0. The molecule has 8 nitrogen and oxygen atoms in total. The van der Waals surface area contributed by atoms with Crippen LogP contribution in [0, 0.1) is 35.5 Å². The molecular weight excluding hydrogens is 400 g/mol. The van der Waals surface area contributed by atoms with Crippen molar-refractivity contribution in [3.05, 3.63) is 12.7 Å². The van der Waals surface area contributed by atoms with E-state index in [0.717, 1.165) is 35.5 Å². The van der Waals surface area contributed by atoms with Crippen molar-refractivity contribution in [2.75, 3.05) is 0 Å². The van der Waals surface area contributed by atoms with Gasteiger partial charge in [-0.3, -0.25) is 0 Å². The summed E-state index contributed by atoms with van der Waals surface area (Å²) in [5.74, 6) is 6.17. The Kier molecular flexibility index (Phi) is 3.58. The standard InChI is InChI=1S/C24H32N8/c1-15-2-17-3-16(1)8-23(7-15,9-17)31-13-25-21(29-31)27-28-22-26-14-32(30-22)24-10-18-4-19(11-24)6-20(5-18)12-24/h13-20H,1-12H2/b28-27-. The van der Waals surface area contributed by atoms with E-state index in [2.05, 4.69) is 29.6 Å². The van der Waals surface area contributed by atoms with Crippen molar-refractivity contribution in [2.24, 2.45) is 45.7 Å². The molecule has 8 heteroatoms. The van der Waals surface area contributed by atoms with Gasteiger partial charge in [0, 0.05) is 0 Å². The summed E-state index contributed by atoms with van der Waals surface area (Å²) in [5.41, 5.74) is 0.349. The first kappa shape index (κ1) is 18.3. The highest BCUT2D eigenvalue weighted by atomic mass is 15.5. The van der Waals surface area contributed by atoms with Gasteiger partial charge in [-0.15, -0.1) is 20.4 Å². The first-order valence-electron chi connectivity index (χ1n) is 12.9. The third-order valence-corrected chi connectivity index (χ3v) is 10.2. The molecule has 0 saturated heterocycles. The molecule has 8 bridgehead atoms. The van der Waals surface area contributed by atoms with Crippen molar-refractivity contribution >= 4 is 11.9 Å². The highest BCUT2D eigenvalue weighted by Gasteiger charge is 2.53. The summed E-state index contributed by atoms with van der Waals surface area (Å²) in [6.45, 7) is 0. The maximum absolute atomic E-state index is 4.76.